The van der Waals surface area contributed by atoms with E-state index in [1.165, 1.54) is 42.9 Å². The van der Waals surface area contributed by atoms with Crippen LogP contribution in [0.3, 0.4) is 0 Å². The highest BCUT2D eigenvalue weighted by Crippen LogP contribution is 2.42. The van der Waals surface area contributed by atoms with Gasteiger partial charge in [-0.15, -0.1) is 20.4 Å². The number of carbonyl (C=O) groups is 2. The van der Waals surface area contributed by atoms with Crippen LogP contribution in [-0.2, 0) is 0 Å². The molecule has 280 valence electrons. The first-order valence-electron chi connectivity index (χ1n) is 17.5. The summed E-state index contributed by atoms with van der Waals surface area (Å²) in [4.78, 5) is 31.5. The number of aromatic hydroxyl groups is 1. The first-order chi connectivity index (χ1) is 26.5. The molecule has 4 heterocycles. The molecule has 2 aromatic carbocycles. The average Bonchev–Trinajstić information content (AvgIpc) is 4.07. The van der Waals surface area contributed by atoms with Gasteiger partial charge in [0.25, 0.3) is 11.8 Å². The molecule has 0 aliphatic heterocycles. The quantitative estimate of drug-likeness (QED) is 0.0911. The summed E-state index contributed by atoms with van der Waals surface area (Å²) in [6.07, 6.45) is 5.02. The summed E-state index contributed by atoms with van der Waals surface area (Å²) in [5, 5.41) is 30.4. The van der Waals surface area contributed by atoms with Crippen molar-refractivity contribution >= 4 is 46.4 Å². The lowest BCUT2D eigenvalue weighted by atomic mass is 10.1. The lowest BCUT2D eigenvalue weighted by Crippen LogP contribution is -2.16. The third kappa shape index (κ3) is 11.2. The molecule has 0 unspecified atom stereocenters. The van der Waals surface area contributed by atoms with Crippen molar-refractivity contribution < 1.29 is 19.4 Å². The van der Waals surface area contributed by atoms with E-state index in [-0.39, 0.29) is 22.4 Å². The summed E-state index contributed by atoms with van der Waals surface area (Å²) >= 11 is 5.73. The van der Waals surface area contributed by atoms with Gasteiger partial charge in [-0.05, 0) is 111 Å². The van der Waals surface area contributed by atoms with Crippen LogP contribution in [0.15, 0.2) is 97.1 Å². The summed E-state index contributed by atoms with van der Waals surface area (Å²) in [6, 6.07) is 29.6. The lowest BCUT2D eigenvalue weighted by Gasteiger charge is -2.11. The number of anilines is 4. The van der Waals surface area contributed by atoms with Gasteiger partial charge in [0.2, 0.25) is 5.88 Å². The van der Waals surface area contributed by atoms with Crippen LogP contribution in [-0.4, -0.2) is 47.3 Å². The van der Waals surface area contributed by atoms with E-state index in [4.69, 9.17) is 32.9 Å². The Hall–Kier alpha value is -6.67. The second-order valence-electron chi connectivity index (χ2n) is 13.0. The Bertz CT molecular complexity index is 2320. The highest BCUT2D eigenvalue weighted by Gasteiger charge is 2.24. The molecule has 8 rings (SSSR count). The number of carbonyl (C=O) groups excluding carboxylic acids is 2. The van der Waals surface area contributed by atoms with Crippen LogP contribution in [0.1, 0.15) is 81.0 Å². The molecule has 2 amide bonds. The van der Waals surface area contributed by atoms with E-state index in [2.05, 4.69) is 53.1 Å². The first-order valence-corrected chi connectivity index (χ1v) is 17.9. The second kappa shape index (κ2) is 17.4. The van der Waals surface area contributed by atoms with Crippen LogP contribution in [0.5, 0.6) is 17.4 Å². The topological polar surface area (TPSA) is 217 Å². The normalized spacial score (nSPS) is 12.9. The van der Waals surface area contributed by atoms with Gasteiger partial charge >= 0.3 is 0 Å². The van der Waals surface area contributed by atoms with Crippen molar-refractivity contribution in [2.45, 2.75) is 51.4 Å². The van der Waals surface area contributed by atoms with Crippen molar-refractivity contribution in [3.8, 4) is 17.4 Å². The number of nitrogens with one attached hydrogen (secondary N) is 2. The van der Waals surface area contributed by atoms with E-state index in [0.29, 0.717) is 40.4 Å². The Balaban J connectivity index is 0.000000157. The number of phenolic OH excluding ortho intramolecular Hbond substituents is 1. The Labute approximate surface area is 322 Å². The molecule has 0 saturated heterocycles. The Kier molecular flexibility index (Phi) is 12.1. The number of aromatic nitrogens is 6. The van der Waals surface area contributed by atoms with Gasteiger partial charge in [0.1, 0.15) is 23.1 Å². The summed E-state index contributed by atoms with van der Waals surface area (Å²) in [7, 11) is 0. The maximum Gasteiger partial charge on any atom is 0.271 e. The molecule has 0 bridgehead atoms. The number of hydrogen-bond acceptors (Lipinski definition) is 12. The van der Waals surface area contributed by atoms with E-state index in [1.807, 2.05) is 68.4 Å². The number of amides is 2. The molecule has 6 aromatic rings. The Morgan fingerprint density at radius 3 is 1.71 bits per heavy atom. The molecule has 2 aliphatic rings. The summed E-state index contributed by atoms with van der Waals surface area (Å²) < 4.78 is 5.85. The predicted octanol–water partition coefficient (Wildman–Crippen LogP) is 7.64. The maximum atomic E-state index is 11.7. The van der Waals surface area contributed by atoms with Crippen molar-refractivity contribution in [2.24, 2.45) is 11.5 Å². The van der Waals surface area contributed by atoms with Crippen LogP contribution < -0.4 is 26.8 Å². The summed E-state index contributed by atoms with van der Waals surface area (Å²) in [5.74, 6) is 2.49. The average molecular weight is 759 g/mol. The number of primary amides is 2. The van der Waals surface area contributed by atoms with Crippen molar-refractivity contribution in [2.75, 3.05) is 10.6 Å². The number of hydrogen-bond donors (Lipinski definition) is 5. The van der Waals surface area contributed by atoms with Crippen molar-refractivity contribution in [1.29, 1.82) is 0 Å². The molecule has 0 radical (unpaired) electrons. The summed E-state index contributed by atoms with van der Waals surface area (Å²) in [6.45, 7) is 3.74. The number of nitrogens with two attached hydrogens (primary N) is 2. The highest BCUT2D eigenvalue weighted by atomic mass is 35.5. The van der Waals surface area contributed by atoms with Gasteiger partial charge in [0, 0.05) is 23.5 Å². The Morgan fingerprint density at radius 2 is 1.18 bits per heavy atom. The molecule has 14 nitrogen and oxygen atoms in total. The minimum atomic E-state index is -0.686. The third-order valence-corrected chi connectivity index (χ3v) is 8.54. The van der Waals surface area contributed by atoms with Gasteiger partial charge in [-0.1, -0.05) is 48.0 Å². The number of ether oxygens (including phenoxy) is 1. The predicted molar refractivity (Wildman–Crippen MR) is 209 cm³/mol. The fraction of sp³-hybridized carbons (Fsp3) is 0.200. The molecule has 0 atom stereocenters. The van der Waals surface area contributed by atoms with Crippen molar-refractivity contribution in [3.63, 3.8) is 0 Å². The molecule has 55 heavy (non-hydrogen) atoms. The maximum absolute atomic E-state index is 11.7. The lowest BCUT2D eigenvalue weighted by molar-refractivity contribution is 0.0987. The molecule has 7 N–H and O–H groups in total. The molecule has 0 spiro atoms. The first kappa shape index (κ1) is 38.1. The zero-order chi connectivity index (χ0) is 38.9. The van der Waals surface area contributed by atoms with Crippen LogP contribution >= 0.6 is 11.6 Å². The SMILES string of the molecule is Cc1cccc(Nc2cc(Cl)nnc2C(N)=O)n1.Cc1cccc(Nc2cc(Oc3cccc(C4CC4)c3)nnc2C(N)=O)n1.Oc1cccc(C2CC2)c1. The van der Waals surface area contributed by atoms with E-state index in [1.54, 1.807) is 24.3 Å². The van der Waals surface area contributed by atoms with E-state index in [9.17, 15) is 9.59 Å². The molecule has 2 saturated carbocycles. The number of benzene rings is 2. The number of aryl methyl sites for hydroxylation is 2. The summed E-state index contributed by atoms with van der Waals surface area (Å²) in [5.41, 5.74) is 15.7. The molecular formula is C40H39ClN10O4. The number of nitrogens with zero attached hydrogens (tertiary/aromatic N) is 6. The largest absolute Gasteiger partial charge is 0.508 e. The number of phenols is 1. The van der Waals surface area contributed by atoms with Gasteiger partial charge in [0.05, 0.1) is 11.4 Å². The minimum Gasteiger partial charge on any atom is -0.508 e. The minimum absolute atomic E-state index is 0.0164. The standard InChI is InChI=1S/C20H19N5O2.C11H10ClN5O.C9H10O/c1-12-4-2-7-17(22-12)23-16-11-18(24-25-19(16)20(21)26)27-15-6-3-5-14(10-15)13-8-9-13;1-6-3-2-4-9(14-6)15-7-5-8(12)16-17-10(7)11(13)18;10-9-3-1-2-8(6-9)7-4-5-7/h2-7,10-11,13H,8-9H2,1H3,(H2,21,26)(H,22,23,24);2-5H,1H3,(H2,13,18)(H,14,15,16);1-3,6-7,10H,4-5H2. The van der Waals surface area contributed by atoms with Crippen LogP contribution in [0.25, 0.3) is 0 Å². The third-order valence-electron chi connectivity index (χ3n) is 8.35. The van der Waals surface area contributed by atoms with Crippen molar-refractivity contribution in [1.82, 2.24) is 30.4 Å². The Morgan fingerprint density at radius 1 is 0.673 bits per heavy atom. The van der Waals surface area contributed by atoms with Gasteiger partial charge in [0.15, 0.2) is 16.5 Å². The smallest absolute Gasteiger partial charge is 0.271 e. The molecule has 4 aromatic heterocycles. The van der Waals surface area contributed by atoms with Gasteiger partial charge in [-0.25, -0.2) is 9.97 Å². The van der Waals surface area contributed by atoms with Crippen LogP contribution in [0.4, 0.5) is 23.0 Å². The number of pyridine rings is 2. The monoisotopic (exact) mass is 758 g/mol. The van der Waals surface area contributed by atoms with E-state index in [0.717, 1.165) is 17.3 Å². The highest BCUT2D eigenvalue weighted by molar-refractivity contribution is 6.29. The van der Waals surface area contributed by atoms with Crippen LogP contribution in [0.2, 0.25) is 5.15 Å². The zero-order valence-electron chi connectivity index (χ0n) is 30.1. The zero-order valence-corrected chi connectivity index (χ0v) is 30.9. The van der Waals surface area contributed by atoms with E-state index < -0.39 is 11.8 Å². The van der Waals surface area contributed by atoms with Crippen molar-refractivity contribution in [3.05, 3.63) is 136 Å². The van der Waals surface area contributed by atoms with E-state index >= 15 is 0 Å². The van der Waals surface area contributed by atoms with Gasteiger partial charge in [-0.2, -0.15) is 0 Å². The fourth-order valence-electron chi connectivity index (χ4n) is 5.41. The van der Waals surface area contributed by atoms with Gasteiger partial charge < -0.3 is 31.9 Å². The number of halogens is 1. The molecule has 2 aliphatic carbocycles. The number of rotatable bonds is 10. The van der Waals surface area contributed by atoms with Gasteiger partial charge in [-0.3, -0.25) is 9.59 Å². The second-order valence-corrected chi connectivity index (χ2v) is 13.4. The van der Waals surface area contributed by atoms with Crippen LogP contribution in [0, 0.1) is 13.8 Å². The molecular weight excluding hydrogens is 720 g/mol. The molecule has 2 fully saturated rings. The fourth-order valence-corrected chi connectivity index (χ4v) is 5.56. The molecule has 15 heteroatoms.